The zero-order valence-electron chi connectivity index (χ0n) is 9.97. The van der Waals surface area contributed by atoms with Gasteiger partial charge in [0, 0.05) is 6.54 Å². The highest BCUT2D eigenvalue weighted by Gasteiger charge is 2.31. The summed E-state index contributed by atoms with van der Waals surface area (Å²) in [6.45, 7) is 4.23. The van der Waals surface area contributed by atoms with E-state index in [9.17, 15) is 5.11 Å². The van der Waals surface area contributed by atoms with E-state index >= 15 is 0 Å². The van der Waals surface area contributed by atoms with Gasteiger partial charge in [-0.15, -0.1) is 0 Å². The maximum atomic E-state index is 10.3. The minimum atomic E-state index is -0.393. The van der Waals surface area contributed by atoms with Gasteiger partial charge in [-0.25, -0.2) is 0 Å². The zero-order valence-corrected chi connectivity index (χ0v) is 9.97. The van der Waals surface area contributed by atoms with E-state index in [1.807, 2.05) is 0 Å². The second kappa shape index (κ2) is 4.84. The van der Waals surface area contributed by atoms with Crippen molar-refractivity contribution >= 4 is 0 Å². The standard InChI is InChI=1S/C13H25NO/c1-11-5-7-13(15,8-6-11)10-14-9-12-3-2-4-12/h11-12,14-15H,2-10H2,1H3. The summed E-state index contributed by atoms with van der Waals surface area (Å²) < 4.78 is 0. The van der Waals surface area contributed by atoms with Gasteiger partial charge in [0.1, 0.15) is 0 Å². The largest absolute Gasteiger partial charge is 0.389 e. The predicted molar refractivity (Wildman–Crippen MR) is 62.8 cm³/mol. The lowest BCUT2D eigenvalue weighted by molar-refractivity contribution is -0.00719. The molecule has 2 N–H and O–H groups in total. The molecule has 0 atom stereocenters. The van der Waals surface area contributed by atoms with Gasteiger partial charge in [0.05, 0.1) is 5.60 Å². The molecule has 2 fully saturated rings. The first-order valence-electron chi connectivity index (χ1n) is 6.61. The van der Waals surface area contributed by atoms with Crippen molar-refractivity contribution in [2.75, 3.05) is 13.1 Å². The molecule has 0 amide bonds. The second-order valence-corrected chi connectivity index (χ2v) is 5.83. The Kier molecular flexibility index (Phi) is 3.68. The molecule has 2 aliphatic rings. The Hall–Kier alpha value is -0.0800. The van der Waals surface area contributed by atoms with E-state index in [4.69, 9.17) is 0 Å². The molecule has 0 bridgehead atoms. The molecule has 0 aromatic carbocycles. The molecule has 2 heteroatoms. The third-order valence-electron chi connectivity index (χ3n) is 4.32. The van der Waals surface area contributed by atoms with Gasteiger partial charge in [0.2, 0.25) is 0 Å². The SMILES string of the molecule is CC1CCC(O)(CNCC2CCC2)CC1. The van der Waals surface area contributed by atoms with Crippen LogP contribution in [0.25, 0.3) is 0 Å². The third kappa shape index (κ3) is 3.18. The number of rotatable bonds is 4. The number of hydrogen-bond acceptors (Lipinski definition) is 2. The van der Waals surface area contributed by atoms with Crippen LogP contribution < -0.4 is 5.32 Å². The molecule has 0 saturated heterocycles. The minimum Gasteiger partial charge on any atom is -0.389 e. The summed E-state index contributed by atoms with van der Waals surface area (Å²) in [7, 11) is 0. The van der Waals surface area contributed by atoms with Crippen LogP contribution in [0.4, 0.5) is 0 Å². The van der Waals surface area contributed by atoms with Crippen LogP contribution in [-0.2, 0) is 0 Å². The van der Waals surface area contributed by atoms with Crippen molar-refractivity contribution in [2.24, 2.45) is 11.8 Å². The summed E-state index contributed by atoms with van der Waals surface area (Å²) in [5.41, 5.74) is -0.393. The van der Waals surface area contributed by atoms with Gasteiger partial charge in [0.15, 0.2) is 0 Å². The van der Waals surface area contributed by atoms with Crippen LogP contribution in [0, 0.1) is 11.8 Å². The van der Waals surface area contributed by atoms with E-state index < -0.39 is 5.60 Å². The van der Waals surface area contributed by atoms with Crippen LogP contribution in [0.5, 0.6) is 0 Å². The normalized spacial score (nSPS) is 37.6. The number of nitrogens with one attached hydrogen (secondary N) is 1. The molecular weight excluding hydrogens is 186 g/mol. The quantitative estimate of drug-likeness (QED) is 0.748. The van der Waals surface area contributed by atoms with Gasteiger partial charge in [-0.3, -0.25) is 0 Å². The second-order valence-electron chi connectivity index (χ2n) is 5.83. The van der Waals surface area contributed by atoms with Crippen molar-refractivity contribution in [1.29, 1.82) is 0 Å². The Morgan fingerprint density at radius 2 is 1.87 bits per heavy atom. The molecule has 0 aromatic heterocycles. The molecular formula is C13H25NO. The average molecular weight is 211 g/mol. The predicted octanol–water partition coefficient (Wildman–Crippen LogP) is 2.32. The van der Waals surface area contributed by atoms with Gasteiger partial charge in [-0.2, -0.15) is 0 Å². The van der Waals surface area contributed by atoms with Gasteiger partial charge in [0.25, 0.3) is 0 Å². The van der Waals surface area contributed by atoms with Crippen molar-refractivity contribution in [3.63, 3.8) is 0 Å². The molecule has 0 spiro atoms. The van der Waals surface area contributed by atoms with E-state index in [0.717, 1.165) is 37.8 Å². The van der Waals surface area contributed by atoms with E-state index in [1.165, 1.54) is 32.1 Å². The number of hydrogen-bond donors (Lipinski definition) is 2. The molecule has 0 heterocycles. The van der Waals surface area contributed by atoms with Crippen molar-refractivity contribution in [2.45, 2.75) is 57.5 Å². The van der Waals surface area contributed by atoms with Crippen molar-refractivity contribution in [1.82, 2.24) is 5.32 Å². The Morgan fingerprint density at radius 3 is 2.40 bits per heavy atom. The number of aliphatic hydroxyl groups is 1. The summed E-state index contributed by atoms with van der Waals surface area (Å²) in [6, 6.07) is 0. The fourth-order valence-electron chi connectivity index (χ4n) is 2.68. The van der Waals surface area contributed by atoms with Crippen LogP contribution in [0.3, 0.4) is 0 Å². The molecule has 15 heavy (non-hydrogen) atoms. The molecule has 2 nitrogen and oxygen atoms in total. The summed E-state index contributed by atoms with van der Waals surface area (Å²) in [4.78, 5) is 0. The van der Waals surface area contributed by atoms with Gasteiger partial charge < -0.3 is 10.4 Å². The van der Waals surface area contributed by atoms with Gasteiger partial charge >= 0.3 is 0 Å². The summed E-state index contributed by atoms with van der Waals surface area (Å²) >= 11 is 0. The van der Waals surface area contributed by atoms with Crippen LogP contribution in [0.1, 0.15) is 51.9 Å². The topological polar surface area (TPSA) is 32.3 Å². The van der Waals surface area contributed by atoms with E-state index in [1.54, 1.807) is 0 Å². The maximum Gasteiger partial charge on any atom is 0.0771 e. The van der Waals surface area contributed by atoms with Crippen molar-refractivity contribution in [3.8, 4) is 0 Å². The molecule has 2 rings (SSSR count). The van der Waals surface area contributed by atoms with Gasteiger partial charge in [-0.05, 0) is 56.9 Å². The third-order valence-corrected chi connectivity index (χ3v) is 4.32. The molecule has 0 radical (unpaired) electrons. The van der Waals surface area contributed by atoms with Crippen molar-refractivity contribution in [3.05, 3.63) is 0 Å². The van der Waals surface area contributed by atoms with E-state index in [2.05, 4.69) is 12.2 Å². The first kappa shape index (κ1) is 11.4. The smallest absolute Gasteiger partial charge is 0.0771 e. The highest BCUT2D eigenvalue weighted by atomic mass is 16.3. The summed E-state index contributed by atoms with van der Waals surface area (Å²) in [5, 5.41) is 13.8. The molecule has 0 unspecified atom stereocenters. The Labute approximate surface area is 93.5 Å². The van der Waals surface area contributed by atoms with Crippen LogP contribution in [-0.4, -0.2) is 23.8 Å². The maximum absolute atomic E-state index is 10.3. The molecule has 2 saturated carbocycles. The fourth-order valence-corrected chi connectivity index (χ4v) is 2.68. The fraction of sp³-hybridized carbons (Fsp3) is 1.00. The minimum absolute atomic E-state index is 0.393. The first-order valence-corrected chi connectivity index (χ1v) is 6.61. The lowest BCUT2D eigenvalue weighted by atomic mass is 9.79. The average Bonchev–Trinajstić information content (AvgIpc) is 2.15. The highest BCUT2D eigenvalue weighted by molar-refractivity contribution is 4.87. The zero-order chi connectivity index (χ0) is 10.7. The summed E-state index contributed by atoms with van der Waals surface area (Å²) in [5.74, 6) is 1.72. The van der Waals surface area contributed by atoms with Crippen LogP contribution in [0.15, 0.2) is 0 Å². The lowest BCUT2D eigenvalue weighted by Gasteiger charge is -2.36. The Morgan fingerprint density at radius 1 is 1.20 bits per heavy atom. The van der Waals surface area contributed by atoms with E-state index in [0.29, 0.717) is 0 Å². The lowest BCUT2D eigenvalue weighted by Crippen LogP contribution is -2.45. The Balaban J connectivity index is 1.63. The highest BCUT2D eigenvalue weighted by Crippen LogP contribution is 2.31. The molecule has 2 aliphatic carbocycles. The van der Waals surface area contributed by atoms with Gasteiger partial charge in [-0.1, -0.05) is 13.3 Å². The van der Waals surface area contributed by atoms with Crippen LogP contribution in [0.2, 0.25) is 0 Å². The molecule has 88 valence electrons. The van der Waals surface area contributed by atoms with E-state index in [-0.39, 0.29) is 0 Å². The molecule has 0 aliphatic heterocycles. The first-order chi connectivity index (χ1) is 7.18. The van der Waals surface area contributed by atoms with Crippen LogP contribution >= 0.6 is 0 Å². The monoisotopic (exact) mass is 211 g/mol. The summed E-state index contributed by atoms with van der Waals surface area (Å²) in [6.07, 6.45) is 8.57. The Bertz CT molecular complexity index is 193. The van der Waals surface area contributed by atoms with Crippen molar-refractivity contribution < 1.29 is 5.11 Å². The molecule has 0 aromatic rings.